The van der Waals surface area contributed by atoms with Crippen molar-refractivity contribution < 1.29 is 22.0 Å². The molecule has 3 rings (SSSR count). The molecule has 0 radical (unpaired) electrons. The Balaban J connectivity index is 2.10. The van der Waals surface area contributed by atoms with E-state index < -0.39 is 21.5 Å². The highest BCUT2D eigenvalue weighted by molar-refractivity contribution is 7.99. The van der Waals surface area contributed by atoms with E-state index >= 15 is 0 Å². The third kappa shape index (κ3) is 4.79. The molecule has 0 aliphatic carbocycles. The zero-order chi connectivity index (χ0) is 21.2. The Morgan fingerprint density at radius 3 is 2.59 bits per heavy atom. The maximum atomic E-state index is 14.2. The standard InChI is InChI=1S/C20H20F2N2O3S2/c1-3-4-9-23-20(25)18-19(28-17-8-5-12(21)10-15(17)22)14-7-6-13(29(2,26)27)11-16(14)24-18/h5-8,10-11,24H,3-4,9H2,1-2H3,(H,23,25). The van der Waals surface area contributed by atoms with Gasteiger partial charge in [-0.15, -0.1) is 0 Å². The fourth-order valence-corrected chi connectivity index (χ4v) is 4.48. The van der Waals surface area contributed by atoms with Crippen molar-refractivity contribution >= 4 is 38.4 Å². The van der Waals surface area contributed by atoms with Crippen LogP contribution in [0.5, 0.6) is 0 Å². The summed E-state index contributed by atoms with van der Waals surface area (Å²) in [6, 6.07) is 7.68. The molecule has 0 unspecified atom stereocenters. The molecular weight excluding hydrogens is 418 g/mol. The number of carbonyl (C=O) groups is 1. The van der Waals surface area contributed by atoms with E-state index in [0.29, 0.717) is 22.3 Å². The fraction of sp³-hybridized carbons (Fsp3) is 0.250. The summed E-state index contributed by atoms with van der Waals surface area (Å²) in [5, 5.41) is 3.38. The van der Waals surface area contributed by atoms with Gasteiger partial charge in [-0.25, -0.2) is 17.2 Å². The van der Waals surface area contributed by atoms with Gasteiger partial charge in [0.25, 0.3) is 5.91 Å². The first-order valence-corrected chi connectivity index (χ1v) is 11.7. The Hall–Kier alpha value is -2.39. The molecule has 5 nitrogen and oxygen atoms in total. The van der Waals surface area contributed by atoms with Crippen LogP contribution >= 0.6 is 11.8 Å². The van der Waals surface area contributed by atoms with Gasteiger partial charge >= 0.3 is 0 Å². The van der Waals surface area contributed by atoms with Crippen LogP contribution in [0.15, 0.2) is 51.1 Å². The molecule has 9 heteroatoms. The van der Waals surface area contributed by atoms with E-state index in [0.717, 1.165) is 43.0 Å². The molecule has 0 spiro atoms. The minimum absolute atomic E-state index is 0.105. The van der Waals surface area contributed by atoms with Gasteiger partial charge in [-0.05, 0) is 30.7 Å². The molecule has 0 saturated heterocycles. The summed E-state index contributed by atoms with van der Waals surface area (Å²) in [7, 11) is -3.44. The van der Waals surface area contributed by atoms with Crippen LogP contribution < -0.4 is 5.32 Å². The Labute approximate surface area is 171 Å². The average molecular weight is 439 g/mol. The molecule has 2 N–H and O–H groups in total. The Kier molecular flexibility index (Phi) is 6.28. The fourth-order valence-electron chi connectivity index (χ4n) is 2.78. The zero-order valence-electron chi connectivity index (χ0n) is 15.9. The van der Waals surface area contributed by atoms with Crippen LogP contribution in [0.2, 0.25) is 0 Å². The first-order valence-electron chi connectivity index (χ1n) is 8.97. The number of fused-ring (bicyclic) bond motifs is 1. The van der Waals surface area contributed by atoms with E-state index in [4.69, 9.17) is 0 Å². The van der Waals surface area contributed by atoms with E-state index in [1.54, 1.807) is 6.07 Å². The molecule has 0 atom stereocenters. The highest BCUT2D eigenvalue weighted by Crippen LogP contribution is 2.38. The molecule has 2 aromatic carbocycles. The third-order valence-electron chi connectivity index (χ3n) is 4.30. The van der Waals surface area contributed by atoms with Gasteiger partial charge in [0, 0.05) is 34.7 Å². The maximum Gasteiger partial charge on any atom is 0.268 e. The Morgan fingerprint density at radius 1 is 1.17 bits per heavy atom. The summed E-state index contributed by atoms with van der Waals surface area (Å²) in [5.74, 6) is -1.81. The highest BCUT2D eigenvalue weighted by Gasteiger charge is 2.21. The Morgan fingerprint density at radius 2 is 1.93 bits per heavy atom. The molecule has 1 heterocycles. The van der Waals surface area contributed by atoms with Crippen molar-refractivity contribution in [2.24, 2.45) is 0 Å². The number of aromatic amines is 1. The molecule has 29 heavy (non-hydrogen) atoms. The molecule has 154 valence electrons. The number of hydrogen-bond donors (Lipinski definition) is 2. The quantitative estimate of drug-likeness (QED) is 0.531. The number of halogens is 2. The van der Waals surface area contributed by atoms with Crippen molar-refractivity contribution in [3.8, 4) is 0 Å². The van der Waals surface area contributed by atoms with Crippen molar-refractivity contribution in [3.05, 3.63) is 53.7 Å². The number of aromatic nitrogens is 1. The first-order chi connectivity index (χ1) is 13.7. The molecule has 0 saturated carbocycles. The molecule has 3 aromatic rings. The van der Waals surface area contributed by atoms with E-state index in [1.165, 1.54) is 18.2 Å². The van der Waals surface area contributed by atoms with Gasteiger partial charge < -0.3 is 10.3 Å². The molecule has 0 bridgehead atoms. The number of H-pyrrole nitrogens is 1. The minimum atomic E-state index is -3.44. The van der Waals surface area contributed by atoms with Gasteiger partial charge in [-0.3, -0.25) is 4.79 Å². The largest absolute Gasteiger partial charge is 0.351 e. The molecular formula is C20H20F2N2O3S2. The molecule has 0 aliphatic heterocycles. The van der Waals surface area contributed by atoms with Crippen LogP contribution in [0.1, 0.15) is 30.3 Å². The van der Waals surface area contributed by atoms with E-state index in [-0.39, 0.29) is 21.4 Å². The van der Waals surface area contributed by atoms with Crippen molar-refractivity contribution in [2.75, 3.05) is 12.8 Å². The lowest BCUT2D eigenvalue weighted by atomic mass is 10.2. The van der Waals surface area contributed by atoms with Crippen molar-refractivity contribution in [3.63, 3.8) is 0 Å². The average Bonchev–Trinajstić information content (AvgIpc) is 3.01. The molecule has 1 amide bonds. The summed E-state index contributed by atoms with van der Waals surface area (Å²) in [6.07, 6.45) is 2.81. The van der Waals surface area contributed by atoms with Crippen LogP contribution in [0.25, 0.3) is 10.9 Å². The number of rotatable bonds is 7. The van der Waals surface area contributed by atoms with Gasteiger partial charge in [0.2, 0.25) is 0 Å². The van der Waals surface area contributed by atoms with Gasteiger partial charge in [-0.1, -0.05) is 31.2 Å². The zero-order valence-corrected chi connectivity index (χ0v) is 17.5. The SMILES string of the molecule is CCCCNC(=O)c1[nH]c2cc(S(C)(=O)=O)ccc2c1Sc1ccc(F)cc1F. The first kappa shape index (κ1) is 21.3. The molecule has 0 fully saturated rings. The van der Waals surface area contributed by atoms with Crippen LogP contribution in [0.4, 0.5) is 8.78 Å². The molecule has 1 aromatic heterocycles. The number of hydrogen-bond acceptors (Lipinski definition) is 4. The van der Waals surface area contributed by atoms with Crippen molar-refractivity contribution in [1.82, 2.24) is 10.3 Å². The number of amides is 1. The summed E-state index contributed by atoms with van der Waals surface area (Å²) in [5.41, 5.74) is 0.647. The van der Waals surface area contributed by atoms with Gasteiger partial charge in [-0.2, -0.15) is 0 Å². The van der Waals surface area contributed by atoms with Crippen LogP contribution in [-0.2, 0) is 9.84 Å². The number of carbonyl (C=O) groups excluding carboxylic acids is 1. The lowest BCUT2D eigenvalue weighted by molar-refractivity contribution is 0.0946. The Bertz CT molecular complexity index is 1170. The number of nitrogens with one attached hydrogen (secondary N) is 2. The number of sulfone groups is 1. The second-order valence-corrected chi connectivity index (χ2v) is 9.66. The molecule has 0 aliphatic rings. The maximum absolute atomic E-state index is 14.2. The lowest BCUT2D eigenvalue weighted by Gasteiger charge is -2.07. The highest BCUT2D eigenvalue weighted by atomic mass is 32.2. The normalized spacial score (nSPS) is 11.7. The second-order valence-electron chi connectivity index (χ2n) is 6.59. The third-order valence-corrected chi connectivity index (χ3v) is 6.59. The predicted octanol–water partition coefficient (Wildman–Crippen LogP) is 4.53. The van der Waals surface area contributed by atoms with Gasteiger partial charge in [0.05, 0.1) is 9.79 Å². The monoisotopic (exact) mass is 438 g/mol. The minimum Gasteiger partial charge on any atom is -0.351 e. The summed E-state index contributed by atoms with van der Waals surface area (Å²) >= 11 is 0.983. The van der Waals surface area contributed by atoms with Gasteiger partial charge in [0.1, 0.15) is 17.3 Å². The van der Waals surface area contributed by atoms with Crippen molar-refractivity contribution in [2.45, 2.75) is 34.5 Å². The smallest absolute Gasteiger partial charge is 0.268 e. The summed E-state index contributed by atoms with van der Waals surface area (Å²) in [4.78, 5) is 16.4. The summed E-state index contributed by atoms with van der Waals surface area (Å²) in [6.45, 7) is 2.48. The number of unbranched alkanes of at least 4 members (excludes halogenated alkanes) is 1. The van der Waals surface area contributed by atoms with Crippen LogP contribution in [-0.4, -0.2) is 32.1 Å². The van der Waals surface area contributed by atoms with E-state index in [1.807, 2.05) is 6.92 Å². The van der Waals surface area contributed by atoms with E-state index in [9.17, 15) is 22.0 Å². The second kappa shape index (κ2) is 8.54. The number of benzene rings is 2. The topological polar surface area (TPSA) is 79.0 Å². The van der Waals surface area contributed by atoms with Crippen molar-refractivity contribution in [1.29, 1.82) is 0 Å². The van der Waals surface area contributed by atoms with E-state index in [2.05, 4.69) is 10.3 Å². The summed E-state index contributed by atoms with van der Waals surface area (Å²) < 4.78 is 51.2. The lowest BCUT2D eigenvalue weighted by Crippen LogP contribution is -2.25. The van der Waals surface area contributed by atoms with Gasteiger partial charge in [0.15, 0.2) is 9.84 Å². The predicted molar refractivity (Wildman–Crippen MR) is 109 cm³/mol. The van der Waals surface area contributed by atoms with Crippen LogP contribution in [0.3, 0.4) is 0 Å². The van der Waals surface area contributed by atoms with Crippen LogP contribution in [0, 0.1) is 11.6 Å².